The number of hydrogen-bond donors (Lipinski definition) is 1. The average molecular weight is 391 g/mol. The summed E-state index contributed by atoms with van der Waals surface area (Å²) in [4.78, 5) is 12.2. The molecule has 0 atom stereocenters. The van der Waals surface area contributed by atoms with Gasteiger partial charge >= 0.3 is 0 Å². The van der Waals surface area contributed by atoms with Gasteiger partial charge in [0.25, 0.3) is 0 Å². The molecule has 0 bridgehead atoms. The second-order valence-corrected chi connectivity index (χ2v) is 8.10. The fourth-order valence-corrected chi connectivity index (χ4v) is 3.68. The third-order valence-electron chi connectivity index (χ3n) is 4.08. The molecule has 0 aliphatic heterocycles. The molecule has 0 aliphatic rings. The van der Waals surface area contributed by atoms with Crippen LogP contribution in [-0.4, -0.2) is 40.3 Å². The quantitative estimate of drug-likeness (QED) is 0.714. The van der Waals surface area contributed by atoms with E-state index in [9.17, 15) is 13.2 Å². The van der Waals surface area contributed by atoms with Crippen LogP contribution in [0.25, 0.3) is 0 Å². The summed E-state index contributed by atoms with van der Waals surface area (Å²) >= 11 is 0. The number of sulfonamides is 1. The lowest BCUT2D eigenvalue weighted by Crippen LogP contribution is -2.38. The average Bonchev–Trinajstić information content (AvgIpc) is 2.61. The minimum Gasteiger partial charge on any atom is -0.492 e. The lowest BCUT2D eigenvalue weighted by atomic mass is 10.1. The van der Waals surface area contributed by atoms with Crippen molar-refractivity contribution in [3.63, 3.8) is 0 Å². The van der Waals surface area contributed by atoms with E-state index in [2.05, 4.69) is 5.32 Å². The smallest absolute Gasteiger partial charge is 0.232 e. The molecule has 0 saturated carbocycles. The Morgan fingerprint density at radius 3 is 2.44 bits per heavy atom. The SMILES string of the molecule is CCOc1ccccc1N(CCNC(=O)Cc1ccccc1C)S(C)(=O)=O. The number of aryl methyl sites for hydroxylation is 1. The van der Waals surface area contributed by atoms with E-state index in [1.807, 2.05) is 38.1 Å². The van der Waals surface area contributed by atoms with Gasteiger partial charge in [-0.1, -0.05) is 36.4 Å². The Kier molecular flexibility index (Phi) is 7.24. The van der Waals surface area contributed by atoms with Crippen molar-refractivity contribution >= 4 is 21.6 Å². The highest BCUT2D eigenvalue weighted by Gasteiger charge is 2.21. The van der Waals surface area contributed by atoms with Crippen LogP contribution in [0.4, 0.5) is 5.69 Å². The molecule has 2 aromatic rings. The third kappa shape index (κ3) is 5.99. The minimum atomic E-state index is -3.52. The first kappa shape index (κ1) is 20.8. The second kappa shape index (κ2) is 9.41. The molecule has 6 nitrogen and oxygen atoms in total. The van der Waals surface area contributed by atoms with Crippen LogP contribution in [0.5, 0.6) is 5.75 Å². The molecule has 0 heterocycles. The third-order valence-corrected chi connectivity index (χ3v) is 5.26. The molecule has 2 rings (SSSR count). The van der Waals surface area contributed by atoms with Crippen molar-refractivity contribution in [1.29, 1.82) is 0 Å². The highest BCUT2D eigenvalue weighted by atomic mass is 32.2. The Balaban J connectivity index is 2.04. The number of para-hydroxylation sites is 2. The molecule has 27 heavy (non-hydrogen) atoms. The summed E-state index contributed by atoms with van der Waals surface area (Å²) < 4.78 is 31.3. The molecule has 0 aromatic heterocycles. The maximum absolute atomic E-state index is 12.3. The second-order valence-electron chi connectivity index (χ2n) is 6.19. The summed E-state index contributed by atoms with van der Waals surface area (Å²) in [7, 11) is -3.52. The number of hydrogen-bond acceptors (Lipinski definition) is 4. The van der Waals surface area contributed by atoms with E-state index in [0.29, 0.717) is 18.0 Å². The van der Waals surface area contributed by atoms with Crippen LogP contribution in [0, 0.1) is 6.92 Å². The first-order chi connectivity index (χ1) is 12.8. The van der Waals surface area contributed by atoms with Gasteiger partial charge in [0.2, 0.25) is 15.9 Å². The Morgan fingerprint density at radius 1 is 1.11 bits per heavy atom. The number of nitrogens with one attached hydrogen (secondary N) is 1. The van der Waals surface area contributed by atoms with Crippen molar-refractivity contribution < 1.29 is 17.9 Å². The summed E-state index contributed by atoms with van der Waals surface area (Å²) in [5.74, 6) is 0.354. The van der Waals surface area contributed by atoms with E-state index in [1.54, 1.807) is 24.3 Å². The number of ether oxygens (including phenoxy) is 1. The Hall–Kier alpha value is -2.54. The monoisotopic (exact) mass is 390 g/mol. The molecule has 0 fully saturated rings. The number of rotatable bonds is 9. The van der Waals surface area contributed by atoms with Gasteiger partial charge in [0.15, 0.2) is 0 Å². The van der Waals surface area contributed by atoms with Crippen LogP contribution < -0.4 is 14.4 Å². The van der Waals surface area contributed by atoms with E-state index in [4.69, 9.17) is 4.74 Å². The van der Waals surface area contributed by atoms with Gasteiger partial charge in [-0.25, -0.2) is 8.42 Å². The summed E-state index contributed by atoms with van der Waals surface area (Å²) in [5.41, 5.74) is 2.47. The van der Waals surface area contributed by atoms with Crippen molar-refractivity contribution in [2.75, 3.05) is 30.3 Å². The van der Waals surface area contributed by atoms with Crippen LogP contribution in [-0.2, 0) is 21.2 Å². The standard InChI is InChI=1S/C20H26N2O4S/c1-4-26-19-12-8-7-11-18(19)22(27(3,24)25)14-13-21-20(23)15-17-10-6-5-9-16(17)2/h5-12H,4,13-15H2,1-3H3,(H,21,23). The van der Waals surface area contributed by atoms with Gasteiger partial charge in [-0.2, -0.15) is 0 Å². The van der Waals surface area contributed by atoms with Gasteiger partial charge in [0, 0.05) is 6.54 Å². The maximum atomic E-state index is 12.3. The van der Waals surface area contributed by atoms with E-state index in [-0.39, 0.29) is 25.4 Å². The van der Waals surface area contributed by atoms with E-state index in [1.165, 1.54) is 4.31 Å². The van der Waals surface area contributed by atoms with Gasteiger partial charge in [0.05, 0.1) is 31.5 Å². The number of anilines is 1. The van der Waals surface area contributed by atoms with Gasteiger partial charge in [-0.05, 0) is 37.1 Å². The van der Waals surface area contributed by atoms with Gasteiger partial charge in [-0.15, -0.1) is 0 Å². The minimum absolute atomic E-state index is 0.127. The zero-order valence-electron chi connectivity index (χ0n) is 15.9. The summed E-state index contributed by atoms with van der Waals surface area (Å²) in [6, 6.07) is 14.7. The summed E-state index contributed by atoms with van der Waals surface area (Å²) in [6.45, 7) is 4.56. The molecular formula is C20H26N2O4S. The molecule has 146 valence electrons. The van der Waals surface area contributed by atoms with Crippen LogP contribution in [0.2, 0.25) is 0 Å². The molecule has 7 heteroatoms. The topological polar surface area (TPSA) is 75.7 Å². The van der Waals surface area contributed by atoms with Crippen LogP contribution in [0.1, 0.15) is 18.1 Å². The van der Waals surface area contributed by atoms with Crippen LogP contribution >= 0.6 is 0 Å². The largest absolute Gasteiger partial charge is 0.492 e. The van der Waals surface area contributed by atoms with Crippen molar-refractivity contribution in [3.8, 4) is 5.75 Å². The molecule has 0 unspecified atom stereocenters. The zero-order chi connectivity index (χ0) is 19.9. The Morgan fingerprint density at radius 2 is 1.78 bits per heavy atom. The van der Waals surface area contributed by atoms with Crippen molar-refractivity contribution in [2.45, 2.75) is 20.3 Å². The number of amides is 1. The molecule has 0 saturated heterocycles. The van der Waals surface area contributed by atoms with E-state index < -0.39 is 10.0 Å². The molecule has 0 aliphatic carbocycles. The summed E-state index contributed by atoms with van der Waals surface area (Å²) in [5, 5.41) is 2.80. The first-order valence-corrected chi connectivity index (χ1v) is 10.7. The van der Waals surface area contributed by atoms with Crippen molar-refractivity contribution in [2.24, 2.45) is 0 Å². The predicted octanol–water partition coefficient (Wildman–Crippen LogP) is 2.52. The maximum Gasteiger partial charge on any atom is 0.232 e. The molecular weight excluding hydrogens is 364 g/mol. The molecule has 1 N–H and O–H groups in total. The van der Waals surface area contributed by atoms with Gasteiger partial charge in [-0.3, -0.25) is 9.10 Å². The summed E-state index contributed by atoms with van der Waals surface area (Å²) in [6.07, 6.45) is 1.41. The normalized spacial score (nSPS) is 11.1. The number of nitrogens with zero attached hydrogens (tertiary/aromatic N) is 1. The van der Waals surface area contributed by atoms with Crippen LogP contribution in [0.3, 0.4) is 0 Å². The van der Waals surface area contributed by atoms with Gasteiger partial charge < -0.3 is 10.1 Å². The Labute approximate surface area is 161 Å². The highest BCUT2D eigenvalue weighted by Crippen LogP contribution is 2.29. The van der Waals surface area contributed by atoms with E-state index >= 15 is 0 Å². The van der Waals surface area contributed by atoms with Gasteiger partial charge in [0.1, 0.15) is 5.75 Å². The lowest BCUT2D eigenvalue weighted by Gasteiger charge is -2.24. The van der Waals surface area contributed by atoms with E-state index in [0.717, 1.165) is 17.4 Å². The highest BCUT2D eigenvalue weighted by molar-refractivity contribution is 7.92. The fourth-order valence-electron chi connectivity index (χ4n) is 2.75. The fraction of sp³-hybridized carbons (Fsp3) is 0.350. The molecule has 0 spiro atoms. The molecule has 1 amide bonds. The number of carbonyl (C=O) groups is 1. The van der Waals surface area contributed by atoms with Crippen molar-refractivity contribution in [1.82, 2.24) is 5.32 Å². The predicted molar refractivity (Wildman–Crippen MR) is 108 cm³/mol. The van der Waals surface area contributed by atoms with Crippen LogP contribution in [0.15, 0.2) is 48.5 Å². The number of benzene rings is 2. The Bertz CT molecular complexity index is 881. The molecule has 0 radical (unpaired) electrons. The first-order valence-electron chi connectivity index (χ1n) is 8.83. The lowest BCUT2D eigenvalue weighted by molar-refractivity contribution is -0.120. The van der Waals surface area contributed by atoms with Crippen molar-refractivity contribution in [3.05, 3.63) is 59.7 Å². The number of carbonyl (C=O) groups excluding carboxylic acids is 1. The molecule has 2 aromatic carbocycles. The zero-order valence-corrected chi connectivity index (χ0v) is 16.8.